The first-order chi connectivity index (χ1) is 13.1. The lowest BCUT2D eigenvalue weighted by Crippen LogP contribution is -2.59. The lowest BCUT2D eigenvalue weighted by atomic mass is 10.0. The molecule has 1 aromatic carbocycles. The fourth-order valence-corrected chi connectivity index (χ4v) is 3.88. The number of benzene rings is 1. The highest BCUT2D eigenvalue weighted by Crippen LogP contribution is 2.27. The molecule has 0 aromatic heterocycles. The predicted octanol–water partition coefficient (Wildman–Crippen LogP) is 0.937. The van der Waals surface area contributed by atoms with E-state index < -0.39 is 33.5 Å². The molecule has 28 heavy (non-hydrogen) atoms. The summed E-state index contributed by atoms with van der Waals surface area (Å²) in [6.45, 7) is 2.90. The standard InChI is InChI=1S/C16H18ClN3O7S/c1-4-27-13(21)11-9-16(2,14(22)26-3)20(18-11)15(23)19-28(24,25)12-8-6-5-7-10(12)17/h5-9,18H,4H2,1-3H3,(H,19,23). The van der Waals surface area contributed by atoms with Crippen LogP contribution in [0.15, 0.2) is 40.9 Å². The van der Waals surface area contributed by atoms with Crippen molar-refractivity contribution in [2.75, 3.05) is 13.7 Å². The number of ether oxygens (including phenoxy) is 2. The predicted molar refractivity (Wildman–Crippen MR) is 97.3 cm³/mol. The number of nitrogens with zero attached hydrogens (tertiary/aromatic N) is 1. The number of rotatable bonds is 5. The molecule has 0 fully saturated rings. The fourth-order valence-electron chi connectivity index (χ4n) is 2.42. The van der Waals surface area contributed by atoms with Crippen LogP contribution in [-0.4, -0.2) is 50.7 Å². The number of esters is 2. The topological polar surface area (TPSA) is 131 Å². The Morgan fingerprint density at radius 2 is 1.93 bits per heavy atom. The summed E-state index contributed by atoms with van der Waals surface area (Å²) in [7, 11) is -3.28. The Labute approximate surface area is 166 Å². The second-order valence-electron chi connectivity index (χ2n) is 5.71. The molecule has 2 rings (SSSR count). The monoisotopic (exact) mass is 431 g/mol. The minimum atomic E-state index is -4.36. The van der Waals surface area contributed by atoms with E-state index in [0.717, 1.165) is 13.2 Å². The van der Waals surface area contributed by atoms with Crippen LogP contribution in [0, 0.1) is 0 Å². The van der Waals surface area contributed by atoms with Crippen LogP contribution < -0.4 is 10.1 Å². The molecular formula is C16H18ClN3O7S. The minimum Gasteiger partial charge on any atom is -0.467 e. The zero-order valence-electron chi connectivity index (χ0n) is 15.2. The van der Waals surface area contributed by atoms with Gasteiger partial charge in [-0.15, -0.1) is 0 Å². The first-order valence-electron chi connectivity index (χ1n) is 7.93. The number of carbonyl (C=O) groups excluding carboxylic acids is 3. The Morgan fingerprint density at radius 1 is 1.29 bits per heavy atom. The maximum absolute atomic E-state index is 12.6. The van der Waals surface area contributed by atoms with Crippen LogP contribution in [0.25, 0.3) is 0 Å². The summed E-state index contributed by atoms with van der Waals surface area (Å²) in [5.74, 6) is -1.74. The number of amides is 2. The SMILES string of the molecule is CCOC(=O)C1=CC(C)(C(=O)OC)N(C(=O)NS(=O)(=O)c2ccccc2Cl)N1. The van der Waals surface area contributed by atoms with Crippen LogP contribution in [0.1, 0.15) is 13.8 Å². The van der Waals surface area contributed by atoms with Gasteiger partial charge >= 0.3 is 18.0 Å². The van der Waals surface area contributed by atoms with Crippen molar-refractivity contribution in [3.05, 3.63) is 41.1 Å². The molecule has 1 atom stereocenters. The first-order valence-corrected chi connectivity index (χ1v) is 9.79. The highest BCUT2D eigenvalue weighted by molar-refractivity contribution is 7.90. The lowest BCUT2D eigenvalue weighted by Gasteiger charge is -2.31. The molecule has 10 nitrogen and oxygen atoms in total. The summed E-state index contributed by atoms with van der Waals surface area (Å²) in [5.41, 5.74) is 0.349. The van der Waals surface area contributed by atoms with Gasteiger partial charge in [0.1, 0.15) is 10.6 Å². The van der Waals surface area contributed by atoms with E-state index in [-0.39, 0.29) is 22.2 Å². The lowest BCUT2D eigenvalue weighted by molar-refractivity contribution is -0.150. The second kappa shape index (κ2) is 8.07. The van der Waals surface area contributed by atoms with E-state index in [1.807, 2.05) is 0 Å². The Morgan fingerprint density at radius 3 is 2.50 bits per heavy atom. The van der Waals surface area contributed by atoms with Gasteiger partial charge < -0.3 is 9.47 Å². The number of hydrogen-bond acceptors (Lipinski definition) is 8. The van der Waals surface area contributed by atoms with Gasteiger partial charge in [-0.1, -0.05) is 23.7 Å². The van der Waals surface area contributed by atoms with Crippen molar-refractivity contribution in [2.24, 2.45) is 0 Å². The van der Waals surface area contributed by atoms with Crippen LogP contribution in [-0.2, 0) is 29.1 Å². The number of carbonyl (C=O) groups is 3. The van der Waals surface area contributed by atoms with Gasteiger partial charge in [0.2, 0.25) is 0 Å². The summed E-state index contributed by atoms with van der Waals surface area (Å²) >= 11 is 5.88. The summed E-state index contributed by atoms with van der Waals surface area (Å²) in [5, 5.41) is 0.526. The largest absolute Gasteiger partial charge is 0.467 e. The zero-order valence-corrected chi connectivity index (χ0v) is 16.8. The number of nitrogens with one attached hydrogen (secondary N) is 2. The van der Waals surface area contributed by atoms with Crippen molar-refractivity contribution in [1.82, 2.24) is 15.2 Å². The van der Waals surface area contributed by atoms with Crippen molar-refractivity contribution in [1.29, 1.82) is 0 Å². The van der Waals surface area contributed by atoms with E-state index in [1.165, 1.54) is 31.2 Å². The molecule has 0 radical (unpaired) electrons. The highest BCUT2D eigenvalue weighted by atomic mass is 35.5. The van der Waals surface area contributed by atoms with E-state index in [9.17, 15) is 22.8 Å². The van der Waals surface area contributed by atoms with Crippen molar-refractivity contribution in [2.45, 2.75) is 24.3 Å². The summed E-state index contributed by atoms with van der Waals surface area (Å²) in [6, 6.07) is 4.26. The first kappa shape index (κ1) is 21.5. The van der Waals surface area contributed by atoms with Gasteiger partial charge in [0.15, 0.2) is 5.54 Å². The molecule has 0 bridgehead atoms. The molecular weight excluding hydrogens is 414 g/mol. The molecule has 0 aliphatic carbocycles. The number of methoxy groups -OCH3 is 1. The average Bonchev–Trinajstić information content (AvgIpc) is 3.00. The molecule has 2 N–H and O–H groups in total. The quantitative estimate of drug-likeness (QED) is 0.658. The minimum absolute atomic E-state index is 0.0554. The summed E-state index contributed by atoms with van der Waals surface area (Å²) in [4.78, 5) is 36.5. The zero-order chi connectivity index (χ0) is 21.1. The Hall–Kier alpha value is -2.79. The fraction of sp³-hybridized carbons (Fsp3) is 0.312. The molecule has 152 valence electrons. The highest BCUT2D eigenvalue weighted by Gasteiger charge is 2.49. The van der Waals surface area contributed by atoms with Crippen molar-refractivity contribution >= 4 is 39.6 Å². The van der Waals surface area contributed by atoms with Crippen LogP contribution in [0.5, 0.6) is 0 Å². The number of hydrogen-bond donors (Lipinski definition) is 2. The van der Waals surface area contributed by atoms with Crippen LogP contribution >= 0.6 is 11.6 Å². The maximum atomic E-state index is 12.6. The molecule has 1 aliphatic heterocycles. The van der Waals surface area contributed by atoms with E-state index in [1.54, 1.807) is 11.6 Å². The third kappa shape index (κ3) is 4.04. The van der Waals surface area contributed by atoms with Crippen molar-refractivity contribution in [3.8, 4) is 0 Å². The summed E-state index contributed by atoms with van der Waals surface area (Å²) in [6.07, 6.45) is 1.11. The normalized spacial score (nSPS) is 18.7. The Bertz CT molecular complexity index is 947. The van der Waals surface area contributed by atoms with Gasteiger partial charge in [-0.25, -0.2) is 32.5 Å². The van der Waals surface area contributed by atoms with Gasteiger partial charge in [-0.2, -0.15) is 0 Å². The smallest absolute Gasteiger partial charge is 0.355 e. The van der Waals surface area contributed by atoms with E-state index >= 15 is 0 Å². The van der Waals surface area contributed by atoms with Gasteiger partial charge in [-0.3, -0.25) is 5.43 Å². The molecule has 0 saturated heterocycles. The van der Waals surface area contributed by atoms with Crippen molar-refractivity contribution < 1.29 is 32.3 Å². The molecule has 12 heteroatoms. The van der Waals surface area contributed by atoms with Crippen LogP contribution in [0.3, 0.4) is 0 Å². The second-order valence-corrected chi connectivity index (χ2v) is 7.76. The molecule has 2 amide bonds. The third-order valence-corrected chi connectivity index (χ3v) is 5.59. The molecule has 1 unspecified atom stereocenters. The van der Waals surface area contributed by atoms with Gasteiger partial charge in [0, 0.05) is 0 Å². The number of urea groups is 1. The molecule has 0 spiro atoms. The summed E-state index contributed by atoms with van der Waals surface area (Å²) < 4.78 is 36.3. The van der Waals surface area contributed by atoms with E-state index in [2.05, 4.69) is 10.2 Å². The molecule has 1 aromatic rings. The molecule has 1 heterocycles. The molecule has 0 saturated carbocycles. The van der Waals surface area contributed by atoms with Crippen LogP contribution in [0.4, 0.5) is 4.79 Å². The average molecular weight is 432 g/mol. The van der Waals surface area contributed by atoms with Gasteiger partial charge in [0.05, 0.1) is 18.7 Å². The van der Waals surface area contributed by atoms with E-state index in [0.29, 0.717) is 5.01 Å². The number of sulfonamides is 1. The van der Waals surface area contributed by atoms with E-state index in [4.69, 9.17) is 16.3 Å². The van der Waals surface area contributed by atoms with Gasteiger partial charge in [-0.05, 0) is 32.1 Å². The van der Waals surface area contributed by atoms with Crippen molar-refractivity contribution in [3.63, 3.8) is 0 Å². The number of halogens is 1. The Kier molecular flexibility index (Phi) is 6.20. The third-order valence-electron chi connectivity index (χ3n) is 3.77. The van der Waals surface area contributed by atoms with Crippen LogP contribution in [0.2, 0.25) is 5.02 Å². The number of hydrazine groups is 1. The Balaban J connectivity index is 2.34. The maximum Gasteiger partial charge on any atom is 0.355 e. The van der Waals surface area contributed by atoms with Gasteiger partial charge in [0.25, 0.3) is 10.0 Å². The molecule has 1 aliphatic rings.